The maximum absolute atomic E-state index is 5.87. The second-order valence-electron chi connectivity index (χ2n) is 3.02. The molecule has 0 bridgehead atoms. The van der Waals surface area contributed by atoms with E-state index < -0.39 is 0 Å². The molecule has 0 amide bonds. The average molecular weight is 208 g/mol. The van der Waals surface area contributed by atoms with Crippen LogP contribution in [0.2, 0.25) is 5.02 Å². The Hall–Kier alpha value is -1.19. The highest BCUT2D eigenvalue weighted by atomic mass is 35.5. The Bertz CT molecular complexity index is 456. The summed E-state index contributed by atoms with van der Waals surface area (Å²) in [6.07, 6.45) is 1.81. The van der Waals surface area contributed by atoms with Crippen LogP contribution in [0.4, 0.5) is 0 Å². The average Bonchev–Trinajstić information content (AvgIpc) is 2.17. The molecule has 0 saturated heterocycles. The fraction of sp³-hybridized carbons (Fsp3) is 0.200. The van der Waals surface area contributed by atoms with Crippen LogP contribution >= 0.6 is 11.6 Å². The number of aromatic nitrogens is 2. The van der Waals surface area contributed by atoms with E-state index in [1.165, 1.54) is 0 Å². The number of halogens is 1. The number of nitrogens with zero attached hydrogens (tertiary/aromatic N) is 2. The molecule has 0 aliphatic rings. The Kier molecular flexibility index (Phi) is 2.61. The Morgan fingerprint density at radius 1 is 1.43 bits per heavy atom. The summed E-state index contributed by atoms with van der Waals surface area (Å²) in [5.41, 5.74) is 0.887. The van der Waals surface area contributed by atoms with Gasteiger partial charge in [-0.2, -0.15) is 0 Å². The molecule has 0 fully saturated rings. The first-order valence-corrected chi connectivity index (χ1v) is 4.73. The fourth-order valence-electron chi connectivity index (χ4n) is 1.28. The van der Waals surface area contributed by atoms with Gasteiger partial charge in [-0.1, -0.05) is 11.6 Å². The zero-order valence-corrected chi connectivity index (χ0v) is 8.54. The van der Waals surface area contributed by atoms with Crippen molar-refractivity contribution < 1.29 is 0 Å². The molecule has 4 heteroatoms. The monoisotopic (exact) mass is 207 g/mol. The lowest BCUT2D eigenvalue weighted by molar-refractivity contribution is 0.764. The smallest absolute Gasteiger partial charge is 0.142 e. The van der Waals surface area contributed by atoms with Crippen LogP contribution in [-0.4, -0.2) is 17.0 Å². The largest absolute Gasteiger partial charge is 0.313 e. The van der Waals surface area contributed by atoms with Crippen LogP contribution in [0.25, 0.3) is 10.9 Å². The van der Waals surface area contributed by atoms with Crippen LogP contribution in [0.1, 0.15) is 5.82 Å². The summed E-state index contributed by atoms with van der Waals surface area (Å²) in [5, 5.41) is 4.71. The lowest BCUT2D eigenvalue weighted by Crippen LogP contribution is -2.08. The van der Waals surface area contributed by atoms with E-state index in [2.05, 4.69) is 15.3 Å². The SMILES string of the molecule is CNCc1ncc2ccc(Cl)cc2n1. The molecule has 0 aliphatic heterocycles. The van der Waals surface area contributed by atoms with Gasteiger partial charge in [0.2, 0.25) is 0 Å². The van der Waals surface area contributed by atoms with Crippen LogP contribution in [0, 0.1) is 0 Å². The molecule has 3 nitrogen and oxygen atoms in total. The van der Waals surface area contributed by atoms with Gasteiger partial charge >= 0.3 is 0 Å². The quantitative estimate of drug-likeness (QED) is 0.819. The van der Waals surface area contributed by atoms with Gasteiger partial charge in [0.15, 0.2) is 0 Å². The molecule has 0 saturated carbocycles. The Morgan fingerprint density at radius 3 is 3.07 bits per heavy atom. The van der Waals surface area contributed by atoms with E-state index in [-0.39, 0.29) is 0 Å². The van der Waals surface area contributed by atoms with Crippen molar-refractivity contribution >= 4 is 22.5 Å². The zero-order chi connectivity index (χ0) is 9.97. The van der Waals surface area contributed by atoms with Crippen molar-refractivity contribution in [1.29, 1.82) is 0 Å². The third-order valence-electron chi connectivity index (χ3n) is 1.93. The number of hydrogen-bond acceptors (Lipinski definition) is 3. The topological polar surface area (TPSA) is 37.8 Å². The Balaban J connectivity index is 2.52. The number of fused-ring (bicyclic) bond motifs is 1. The van der Waals surface area contributed by atoms with Crippen molar-refractivity contribution in [1.82, 2.24) is 15.3 Å². The van der Waals surface area contributed by atoms with Gasteiger partial charge < -0.3 is 5.32 Å². The van der Waals surface area contributed by atoms with Gasteiger partial charge in [-0.05, 0) is 25.2 Å². The molecule has 1 N–H and O–H groups in total. The molecule has 72 valence electrons. The van der Waals surface area contributed by atoms with E-state index in [0.29, 0.717) is 11.6 Å². The summed E-state index contributed by atoms with van der Waals surface area (Å²) in [6.45, 7) is 0.669. The maximum Gasteiger partial charge on any atom is 0.142 e. The minimum atomic E-state index is 0.669. The minimum Gasteiger partial charge on any atom is -0.313 e. The third kappa shape index (κ3) is 1.84. The van der Waals surface area contributed by atoms with Gasteiger partial charge in [0.1, 0.15) is 5.82 Å². The molecule has 1 heterocycles. The highest BCUT2D eigenvalue weighted by Crippen LogP contribution is 2.16. The fourth-order valence-corrected chi connectivity index (χ4v) is 1.44. The lowest BCUT2D eigenvalue weighted by atomic mass is 10.2. The Labute approximate surface area is 87.1 Å². The van der Waals surface area contributed by atoms with E-state index in [9.17, 15) is 0 Å². The highest BCUT2D eigenvalue weighted by molar-refractivity contribution is 6.31. The summed E-state index contributed by atoms with van der Waals surface area (Å²) in [5.74, 6) is 0.780. The highest BCUT2D eigenvalue weighted by Gasteiger charge is 1.99. The van der Waals surface area contributed by atoms with Gasteiger partial charge in [-0.25, -0.2) is 9.97 Å². The predicted octanol–water partition coefficient (Wildman–Crippen LogP) is 2.00. The lowest BCUT2D eigenvalue weighted by Gasteiger charge is -2.01. The number of rotatable bonds is 2. The molecule has 1 aromatic heterocycles. The number of nitrogens with one attached hydrogen (secondary N) is 1. The Morgan fingerprint density at radius 2 is 2.29 bits per heavy atom. The summed E-state index contributed by atoms with van der Waals surface area (Å²) in [7, 11) is 1.87. The number of benzene rings is 1. The molecule has 0 aliphatic carbocycles. The van der Waals surface area contributed by atoms with Crippen molar-refractivity contribution in [2.75, 3.05) is 7.05 Å². The van der Waals surface area contributed by atoms with E-state index in [1.807, 2.05) is 31.4 Å². The summed E-state index contributed by atoms with van der Waals surface area (Å²) in [6, 6.07) is 5.60. The van der Waals surface area contributed by atoms with Crippen LogP contribution < -0.4 is 5.32 Å². The van der Waals surface area contributed by atoms with Crippen LogP contribution in [0.5, 0.6) is 0 Å². The van der Waals surface area contributed by atoms with Crippen molar-refractivity contribution in [2.45, 2.75) is 6.54 Å². The normalized spacial score (nSPS) is 10.7. The predicted molar refractivity (Wildman–Crippen MR) is 57.3 cm³/mol. The summed E-state index contributed by atoms with van der Waals surface area (Å²) in [4.78, 5) is 8.58. The molecule has 0 radical (unpaired) electrons. The zero-order valence-electron chi connectivity index (χ0n) is 7.79. The molecule has 0 unspecified atom stereocenters. The van der Waals surface area contributed by atoms with Crippen molar-refractivity contribution in [3.05, 3.63) is 35.2 Å². The second kappa shape index (κ2) is 3.90. The van der Waals surface area contributed by atoms with E-state index in [0.717, 1.165) is 16.7 Å². The first-order chi connectivity index (χ1) is 6.79. The van der Waals surface area contributed by atoms with E-state index >= 15 is 0 Å². The first kappa shape index (κ1) is 9.37. The second-order valence-corrected chi connectivity index (χ2v) is 3.46. The van der Waals surface area contributed by atoms with Crippen molar-refractivity contribution in [3.8, 4) is 0 Å². The van der Waals surface area contributed by atoms with Crippen LogP contribution in [0.3, 0.4) is 0 Å². The number of hydrogen-bond donors (Lipinski definition) is 1. The molecule has 0 spiro atoms. The molecule has 0 atom stereocenters. The van der Waals surface area contributed by atoms with Gasteiger partial charge in [0.25, 0.3) is 0 Å². The maximum atomic E-state index is 5.87. The third-order valence-corrected chi connectivity index (χ3v) is 2.16. The first-order valence-electron chi connectivity index (χ1n) is 4.35. The van der Waals surface area contributed by atoms with Crippen molar-refractivity contribution in [2.24, 2.45) is 0 Å². The summed E-state index contributed by atoms with van der Waals surface area (Å²) >= 11 is 5.87. The molecule has 1 aromatic carbocycles. The minimum absolute atomic E-state index is 0.669. The van der Waals surface area contributed by atoms with E-state index in [1.54, 1.807) is 0 Å². The van der Waals surface area contributed by atoms with Crippen LogP contribution in [-0.2, 0) is 6.54 Å². The molecule has 2 aromatic rings. The van der Waals surface area contributed by atoms with Gasteiger partial charge in [0, 0.05) is 16.6 Å². The van der Waals surface area contributed by atoms with Gasteiger partial charge in [-0.3, -0.25) is 0 Å². The van der Waals surface area contributed by atoms with Gasteiger partial charge in [0.05, 0.1) is 12.1 Å². The molecule has 2 rings (SSSR count). The standard InChI is InChI=1S/C10H10ClN3/c1-12-6-10-13-5-7-2-3-8(11)4-9(7)14-10/h2-5,12H,6H2,1H3. The van der Waals surface area contributed by atoms with Crippen molar-refractivity contribution in [3.63, 3.8) is 0 Å². The van der Waals surface area contributed by atoms with E-state index in [4.69, 9.17) is 11.6 Å². The van der Waals surface area contributed by atoms with Gasteiger partial charge in [-0.15, -0.1) is 0 Å². The van der Waals surface area contributed by atoms with Crippen LogP contribution in [0.15, 0.2) is 24.4 Å². The molecule has 14 heavy (non-hydrogen) atoms. The molecular formula is C10H10ClN3. The molecular weight excluding hydrogens is 198 g/mol. The summed E-state index contributed by atoms with van der Waals surface area (Å²) < 4.78 is 0.